The maximum absolute atomic E-state index is 13.7. The average Bonchev–Trinajstić information content (AvgIpc) is 2.73. The topological polar surface area (TPSA) is 17.1 Å². The van der Waals surface area contributed by atoms with Crippen molar-refractivity contribution in [1.29, 1.82) is 0 Å². The van der Waals surface area contributed by atoms with E-state index in [2.05, 4.69) is 0 Å². The van der Waals surface area contributed by atoms with Crippen LogP contribution in [0.2, 0.25) is 0 Å². The summed E-state index contributed by atoms with van der Waals surface area (Å²) in [5.74, 6) is -0.0676. The van der Waals surface area contributed by atoms with Crippen molar-refractivity contribution in [2.45, 2.75) is 46.0 Å². The van der Waals surface area contributed by atoms with Crippen LogP contribution >= 0.6 is 23.2 Å². The van der Waals surface area contributed by atoms with E-state index < -0.39 is 0 Å². The first-order valence-electron chi connectivity index (χ1n) is 7.37. The minimum absolute atomic E-state index is 0.00965. The predicted octanol–water partition coefficient (Wildman–Crippen LogP) is 5.86. The van der Waals surface area contributed by atoms with E-state index in [-0.39, 0.29) is 17.5 Å². The highest BCUT2D eigenvalue weighted by Gasteiger charge is 2.24. The minimum Gasteiger partial charge on any atom is -0.294 e. The Morgan fingerprint density at radius 2 is 1.95 bits per heavy atom. The molecule has 1 nitrogen and oxygen atoms in total. The predicted molar refractivity (Wildman–Crippen MR) is 89.9 cm³/mol. The van der Waals surface area contributed by atoms with Crippen LogP contribution in [0.3, 0.4) is 0 Å². The van der Waals surface area contributed by atoms with E-state index in [1.807, 2.05) is 26.8 Å². The van der Waals surface area contributed by atoms with E-state index in [0.717, 1.165) is 11.1 Å². The van der Waals surface area contributed by atoms with Gasteiger partial charge in [-0.05, 0) is 48.4 Å². The summed E-state index contributed by atoms with van der Waals surface area (Å²) >= 11 is 12.1. The van der Waals surface area contributed by atoms with Crippen LogP contribution in [-0.4, -0.2) is 5.78 Å². The Balaban J connectivity index is 2.06. The summed E-state index contributed by atoms with van der Waals surface area (Å²) in [4.78, 5) is 12.3. The molecule has 4 heteroatoms. The molecule has 0 aromatic heterocycles. The van der Waals surface area contributed by atoms with Gasteiger partial charge < -0.3 is 0 Å². The van der Waals surface area contributed by atoms with Crippen LogP contribution in [0.4, 0.5) is 4.39 Å². The van der Waals surface area contributed by atoms with Crippen molar-refractivity contribution in [2.75, 3.05) is 0 Å². The van der Waals surface area contributed by atoms with Gasteiger partial charge in [-0.2, -0.15) is 0 Å². The summed E-state index contributed by atoms with van der Waals surface area (Å²) < 4.78 is 13.7. The second kappa shape index (κ2) is 6.97. The lowest BCUT2D eigenvalue weighted by Gasteiger charge is -2.10. The highest BCUT2D eigenvalue weighted by molar-refractivity contribution is 6.46. The van der Waals surface area contributed by atoms with Crippen molar-refractivity contribution < 1.29 is 9.18 Å². The number of aryl methyl sites for hydroxylation is 1. The van der Waals surface area contributed by atoms with Gasteiger partial charge in [-0.1, -0.05) is 49.2 Å². The molecule has 1 aliphatic carbocycles. The molecule has 0 N–H and O–H groups in total. The quantitative estimate of drug-likeness (QED) is 0.655. The smallest absolute Gasteiger partial charge is 0.161 e. The van der Waals surface area contributed by atoms with Crippen molar-refractivity contribution in [2.24, 2.45) is 0 Å². The van der Waals surface area contributed by atoms with Crippen molar-refractivity contribution in [3.8, 4) is 0 Å². The second-order valence-corrected chi connectivity index (χ2v) is 6.75. The molecule has 1 aliphatic rings. The number of carbonyl (C=O) groups is 1. The van der Waals surface area contributed by atoms with E-state index in [1.165, 1.54) is 6.07 Å². The lowest BCUT2D eigenvalue weighted by atomic mass is 9.96. The number of hydrogen-bond donors (Lipinski definition) is 0. The molecule has 0 atom stereocenters. The molecule has 0 heterocycles. The average molecular weight is 341 g/mol. The van der Waals surface area contributed by atoms with Crippen molar-refractivity contribution in [3.05, 3.63) is 56.4 Å². The zero-order valence-electron chi connectivity index (χ0n) is 13.0. The molecule has 0 aliphatic heterocycles. The molecule has 22 heavy (non-hydrogen) atoms. The molecule has 0 radical (unpaired) electrons. The molecule has 1 aromatic carbocycles. The minimum atomic E-state index is -0.196. The van der Waals surface area contributed by atoms with E-state index in [0.29, 0.717) is 40.5 Å². The zero-order valence-corrected chi connectivity index (χ0v) is 14.5. The van der Waals surface area contributed by atoms with Gasteiger partial charge in [0.2, 0.25) is 0 Å². The number of rotatable bonds is 5. The lowest BCUT2D eigenvalue weighted by Crippen LogP contribution is -2.05. The Kier molecular flexibility index (Phi) is 5.46. The van der Waals surface area contributed by atoms with Gasteiger partial charge in [0.25, 0.3) is 0 Å². The highest BCUT2D eigenvalue weighted by Crippen LogP contribution is 2.37. The summed E-state index contributed by atoms with van der Waals surface area (Å²) in [5, 5.41) is 0.875. The Hall–Kier alpha value is -1.12. The third kappa shape index (κ3) is 3.61. The van der Waals surface area contributed by atoms with Gasteiger partial charge in [-0.15, -0.1) is 0 Å². The first-order valence-corrected chi connectivity index (χ1v) is 8.12. The first kappa shape index (κ1) is 17.2. The van der Waals surface area contributed by atoms with Crippen LogP contribution in [-0.2, 0) is 11.2 Å². The molecule has 0 unspecified atom stereocenters. The molecule has 1 aromatic rings. The maximum Gasteiger partial charge on any atom is 0.161 e. The molecule has 0 saturated heterocycles. The van der Waals surface area contributed by atoms with E-state index in [9.17, 15) is 9.18 Å². The number of allylic oxidation sites excluding steroid dienone is 4. The van der Waals surface area contributed by atoms with Gasteiger partial charge in [0.1, 0.15) is 5.82 Å². The summed E-state index contributed by atoms with van der Waals surface area (Å²) in [5.41, 5.74) is 3.17. The van der Waals surface area contributed by atoms with E-state index in [1.54, 1.807) is 6.07 Å². The summed E-state index contributed by atoms with van der Waals surface area (Å²) in [6.45, 7) is 5.78. The highest BCUT2D eigenvalue weighted by atomic mass is 35.5. The SMILES string of the molecule is CC1=C(Cl)C(Cl)=C(C(=O)CCc2ccc(F)c(C(C)C)c2)C1. The number of hydrogen-bond acceptors (Lipinski definition) is 1. The Morgan fingerprint density at radius 3 is 2.50 bits per heavy atom. The Labute approximate surface area is 140 Å². The fourth-order valence-corrected chi connectivity index (χ4v) is 3.08. The molecule has 0 amide bonds. The normalized spacial score (nSPS) is 15.2. The molecule has 0 bridgehead atoms. The van der Waals surface area contributed by atoms with Crippen molar-refractivity contribution in [1.82, 2.24) is 0 Å². The number of Topliss-reactive ketones (excluding diaryl/α,β-unsaturated/α-hetero) is 1. The zero-order chi connectivity index (χ0) is 16.4. The third-order valence-corrected chi connectivity index (χ3v) is 4.96. The van der Waals surface area contributed by atoms with Crippen molar-refractivity contribution in [3.63, 3.8) is 0 Å². The Morgan fingerprint density at radius 1 is 1.27 bits per heavy atom. The number of halogens is 3. The van der Waals surface area contributed by atoms with Crippen LogP contribution < -0.4 is 0 Å². The number of benzene rings is 1. The van der Waals surface area contributed by atoms with Crippen LogP contribution in [0.5, 0.6) is 0 Å². The Bertz CT molecular complexity index is 672. The van der Waals surface area contributed by atoms with Crippen LogP contribution in [0, 0.1) is 5.82 Å². The lowest BCUT2D eigenvalue weighted by molar-refractivity contribution is -0.115. The van der Waals surface area contributed by atoms with E-state index in [4.69, 9.17) is 23.2 Å². The molecule has 2 rings (SSSR count). The van der Waals surface area contributed by atoms with Gasteiger partial charge in [0.05, 0.1) is 10.1 Å². The molecular weight excluding hydrogens is 322 g/mol. The second-order valence-electron chi connectivity index (χ2n) is 6.00. The van der Waals surface area contributed by atoms with Gasteiger partial charge in [0, 0.05) is 12.0 Å². The van der Waals surface area contributed by atoms with Gasteiger partial charge in [-0.3, -0.25) is 4.79 Å². The fourth-order valence-electron chi connectivity index (χ4n) is 2.56. The number of ketones is 1. The monoisotopic (exact) mass is 340 g/mol. The summed E-state index contributed by atoms with van der Waals surface area (Å²) in [6.07, 6.45) is 1.45. The number of carbonyl (C=O) groups excluding carboxylic acids is 1. The first-order chi connectivity index (χ1) is 10.3. The standard InChI is InChI=1S/C18H19Cl2FO/c1-10(2)13-9-12(4-6-15(13)21)5-7-16(22)14-8-11(3)17(19)18(14)20/h4,6,9-10H,5,7-8H2,1-3H3. The molecule has 0 fully saturated rings. The molecule has 118 valence electrons. The summed E-state index contributed by atoms with van der Waals surface area (Å²) in [6, 6.07) is 5.05. The van der Waals surface area contributed by atoms with E-state index >= 15 is 0 Å². The van der Waals surface area contributed by atoms with Gasteiger partial charge >= 0.3 is 0 Å². The van der Waals surface area contributed by atoms with Crippen LogP contribution in [0.1, 0.15) is 50.7 Å². The third-order valence-electron chi connectivity index (χ3n) is 3.93. The van der Waals surface area contributed by atoms with Gasteiger partial charge in [0.15, 0.2) is 5.78 Å². The molecule has 0 spiro atoms. The summed E-state index contributed by atoms with van der Waals surface area (Å²) in [7, 11) is 0. The fraction of sp³-hybridized carbons (Fsp3) is 0.389. The van der Waals surface area contributed by atoms with Crippen molar-refractivity contribution >= 4 is 29.0 Å². The molecular formula is C18H19Cl2FO. The largest absolute Gasteiger partial charge is 0.294 e. The van der Waals surface area contributed by atoms with Crippen LogP contribution in [0.25, 0.3) is 0 Å². The van der Waals surface area contributed by atoms with Gasteiger partial charge in [-0.25, -0.2) is 4.39 Å². The maximum atomic E-state index is 13.7. The molecule has 0 saturated carbocycles. The van der Waals surface area contributed by atoms with Crippen LogP contribution in [0.15, 0.2) is 39.4 Å².